The van der Waals surface area contributed by atoms with Crippen molar-refractivity contribution in [2.75, 3.05) is 6.54 Å². The number of rotatable bonds is 7. The minimum atomic E-state index is 0.241. The molecular formula is C14H18ClN3O2. The molecule has 0 unspecified atom stereocenters. The fourth-order valence-corrected chi connectivity index (χ4v) is 1.80. The zero-order valence-electron chi connectivity index (χ0n) is 11.6. The van der Waals surface area contributed by atoms with E-state index in [4.69, 9.17) is 20.8 Å². The van der Waals surface area contributed by atoms with E-state index in [0.29, 0.717) is 35.0 Å². The van der Waals surface area contributed by atoms with E-state index in [9.17, 15) is 0 Å². The Balaban J connectivity index is 1.80. The molecule has 0 amide bonds. The lowest BCUT2D eigenvalue weighted by Crippen LogP contribution is -2.25. The average Bonchev–Trinajstić information content (AvgIpc) is 2.84. The Labute approximate surface area is 123 Å². The first-order valence-electron chi connectivity index (χ1n) is 6.56. The van der Waals surface area contributed by atoms with Gasteiger partial charge in [-0.25, -0.2) is 0 Å². The molecule has 0 radical (unpaired) electrons. The summed E-state index contributed by atoms with van der Waals surface area (Å²) in [5.74, 6) is 1.76. The van der Waals surface area contributed by atoms with Crippen LogP contribution in [0, 0.1) is 0 Å². The van der Waals surface area contributed by atoms with Gasteiger partial charge in [0.1, 0.15) is 5.75 Å². The highest BCUT2D eigenvalue weighted by molar-refractivity contribution is 6.30. The third-order valence-electron chi connectivity index (χ3n) is 2.56. The van der Waals surface area contributed by atoms with Gasteiger partial charge in [0.25, 0.3) is 5.89 Å². The van der Waals surface area contributed by atoms with Crippen molar-refractivity contribution in [2.45, 2.75) is 32.9 Å². The summed E-state index contributed by atoms with van der Waals surface area (Å²) >= 11 is 5.88. The summed E-state index contributed by atoms with van der Waals surface area (Å²) in [6.45, 7) is 5.25. The third-order valence-corrected chi connectivity index (χ3v) is 2.79. The van der Waals surface area contributed by atoms with Gasteiger partial charge in [0.2, 0.25) is 5.89 Å². The maximum atomic E-state index is 5.88. The van der Waals surface area contributed by atoms with Crippen LogP contribution in [-0.2, 0) is 13.0 Å². The van der Waals surface area contributed by atoms with Crippen molar-refractivity contribution in [2.24, 2.45) is 0 Å². The molecule has 108 valence electrons. The molecule has 1 N–H and O–H groups in total. The molecule has 20 heavy (non-hydrogen) atoms. The van der Waals surface area contributed by atoms with Gasteiger partial charge in [0, 0.05) is 24.0 Å². The van der Waals surface area contributed by atoms with Crippen LogP contribution in [0.25, 0.3) is 0 Å². The smallest absolute Gasteiger partial charge is 0.253 e. The molecule has 1 aromatic carbocycles. The van der Waals surface area contributed by atoms with Gasteiger partial charge < -0.3 is 14.5 Å². The second kappa shape index (κ2) is 7.26. The number of hydrogen-bond acceptors (Lipinski definition) is 5. The fraction of sp³-hybridized carbons (Fsp3) is 0.429. The first-order chi connectivity index (χ1) is 9.63. The predicted octanol–water partition coefficient (Wildman–Crippen LogP) is 2.84. The number of ether oxygens (including phenoxy) is 1. The first kappa shape index (κ1) is 14.8. The van der Waals surface area contributed by atoms with Crippen molar-refractivity contribution in [3.63, 3.8) is 0 Å². The lowest BCUT2D eigenvalue weighted by Gasteiger charge is -2.05. The van der Waals surface area contributed by atoms with Crippen molar-refractivity contribution >= 4 is 11.6 Å². The van der Waals surface area contributed by atoms with Crippen molar-refractivity contribution < 1.29 is 9.15 Å². The van der Waals surface area contributed by atoms with E-state index in [-0.39, 0.29) is 6.61 Å². The van der Waals surface area contributed by atoms with Crippen LogP contribution in [0.15, 0.2) is 28.7 Å². The van der Waals surface area contributed by atoms with Gasteiger partial charge in [-0.3, -0.25) is 0 Å². The molecule has 2 aromatic rings. The van der Waals surface area contributed by atoms with Crippen LogP contribution >= 0.6 is 11.6 Å². The highest BCUT2D eigenvalue weighted by atomic mass is 35.5. The van der Waals surface area contributed by atoms with E-state index >= 15 is 0 Å². The van der Waals surface area contributed by atoms with Crippen LogP contribution in [0.1, 0.15) is 25.6 Å². The molecule has 0 spiro atoms. The van der Waals surface area contributed by atoms with Gasteiger partial charge in [-0.05, 0) is 18.2 Å². The summed E-state index contributed by atoms with van der Waals surface area (Å²) in [6, 6.07) is 7.64. The van der Waals surface area contributed by atoms with E-state index in [1.54, 1.807) is 12.1 Å². The van der Waals surface area contributed by atoms with Gasteiger partial charge >= 0.3 is 0 Å². The minimum absolute atomic E-state index is 0.241. The highest BCUT2D eigenvalue weighted by Crippen LogP contribution is 2.18. The van der Waals surface area contributed by atoms with Crippen molar-refractivity contribution in [3.05, 3.63) is 41.1 Å². The summed E-state index contributed by atoms with van der Waals surface area (Å²) in [5.41, 5.74) is 0. The third kappa shape index (κ3) is 4.83. The van der Waals surface area contributed by atoms with Crippen LogP contribution in [0.5, 0.6) is 5.75 Å². The second-order valence-corrected chi connectivity index (χ2v) is 5.13. The van der Waals surface area contributed by atoms with Crippen molar-refractivity contribution in [1.82, 2.24) is 15.5 Å². The number of nitrogens with zero attached hydrogens (tertiary/aromatic N) is 2. The predicted molar refractivity (Wildman–Crippen MR) is 76.9 cm³/mol. The van der Waals surface area contributed by atoms with E-state index < -0.39 is 0 Å². The summed E-state index contributed by atoms with van der Waals surface area (Å²) in [5, 5.41) is 11.9. The van der Waals surface area contributed by atoms with Gasteiger partial charge in [0.05, 0.1) is 0 Å². The summed E-state index contributed by atoms with van der Waals surface area (Å²) < 4.78 is 11.0. The van der Waals surface area contributed by atoms with Gasteiger partial charge in [-0.2, -0.15) is 0 Å². The van der Waals surface area contributed by atoms with Crippen LogP contribution in [0.2, 0.25) is 5.02 Å². The molecule has 0 saturated carbocycles. The highest BCUT2D eigenvalue weighted by Gasteiger charge is 2.07. The molecule has 5 nitrogen and oxygen atoms in total. The SMILES string of the molecule is CC(C)NCCc1nnc(COc2cccc(Cl)c2)o1. The zero-order valence-corrected chi connectivity index (χ0v) is 12.4. The number of aromatic nitrogens is 2. The molecule has 0 aliphatic heterocycles. The molecule has 0 fully saturated rings. The Morgan fingerprint density at radius 2 is 2.10 bits per heavy atom. The van der Waals surface area contributed by atoms with Crippen molar-refractivity contribution in [3.8, 4) is 5.75 Å². The average molecular weight is 296 g/mol. The molecule has 0 atom stereocenters. The zero-order chi connectivity index (χ0) is 14.4. The number of hydrogen-bond donors (Lipinski definition) is 1. The summed E-state index contributed by atoms with van der Waals surface area (Å²) in [4.78, 5) is 0. The number of halogens is 1. The maximum Gasteiger partial charge on any atom is 0.253 e. The second-order valence-electron chi connectivity index (χ2n) is 4.69. The van der Waals surface area contributed by atoms with Crippen LogP contribution in [0.3, 0.4) is 0 Å². The Morgan fingerprint density at radius 3 is 2.85 bits per heavy atom. The Hall–Kier alpha value is -1.59. The van der Waals surface area contributed by atoms with Crippen LogP contribution < -0.4 is 10.1 Å². The molecule has 1 aromatic heterocycles. The monoisotopic (exact) mass is 295 g/mol. The van der Waals surface area contributed by atoms with Crippen molar-refractivity contribution in [1.29, 1.82) is 0 Å². The summed E-state index contributed by atoms with van der Waals surface area (Å²) in [6.07, 6.45) is 0.711. The summed E-state index contributed by atoms with van der Waals surface area (Å²) in [7, 11) is 0. The molecule has 0 bridgehead atoms. The number of nitrogens with one attached hydrogen (secondary N) is 1. The topological polar surface area (TPSA) is 60.2 Å². The molecule has 0 aliphatic carbocycles. The standard InChI is InChI=1S/C14H18ClN3O2/c1-10(2)16-7-6-13-17-18-14(20-13)9-19-12-5-3-4-11(15)8-12/h3-5,8,10,16H,6-7,9H2,1-2H3. The molecule has 1 heterocycles. The Bertz CT molecular complexity index is 543. The van der Waals surface area contributed by atoms with E-state index in [2.05, 4.69) is 29.4 Å². The molecule has 2 rings (SSSR count). The normalized spacial score (nSPS) is 11.0. The molecule has 6 heteroatoms. The van der Waals surface area contributed by atoms with Gasteiger partial charge in [0.15, 0.2) is 6.61 Å². The molecular weight excluding hydrogens is 278 g/mol. The molecule has 0 saturated heterocycles. The Kier molecular flexibility index (Phi) is 5.38. The number of benzene rings is 1. The minimum Gasteiger partial charge on any atom is -0.484 e. The first-order valence-corrected chi connectivity index (χ1v) is 6.94. The molecule has 0 aliphatic rings. The van der Waals surface area contributed by atoms with Crippen LogP contribution in [0.4, 0.5) is 0 Å². The fourth-order valence-electron chi connectivity index (χ4n) is 1.62. The largest absolute Gasteiger partial charge is 0.484 e. The maximum absolute atomic E-state index is 5.88. The van der Waals surface area contributed by atoms with Crippen LogP contribution in [-0.4, -0.2) is 22.8 Å². The van der Waals surface area contributed by atoms with Gasteiger partial charge in [-0.15, -0.1) is 10.2 Å². The Morgan fingerprint density at radius 1 is 1.30 bits per heavy atom. The lowest BCUT2D eigenvalue weighted by molar-refractivity contribution is 0.258. The van der Waals surface area contributed by atoms with E-state index in [1.807, 2.05) is 12.1 Å². The lowest BCUT2D eigenvalue weighted by atomic mass is 10.3. The quantitative estimate of drug-likeness (QED) is 0.851. The van der Waals surface area contributed by atoms with E-state index in [0.717, 1.165) is 6.54 Å². The van der Waals surface area contributed by atoms with Gasteiger partial charge in [-0.1, -0.05) is 31.5 Å². The van der Waals surface area contributed by atoms with E-state index in [1.165, 1.54) is 0 Å².